The van der Waals surface area contributed by atoms with Crippen LogP contribution in [0.2, 0.25) is 0 Å². The minimum atomic E-state index is 0.372. The van der Waals surface area contributed by atoms with Gasteiger partial charge in [-0.15, -0.1) is 0 Å². The van der Waals surface area contributed by atoms with E-state index in [-0.39, 0.29) is 0 Å². The average Bonchev–Trinajstić information content (AvgIpc) is 2.59. The van der Waals surface area contributed by atoms with Gasteiger partial charge < -0.3 is 4.52 Å². The molecule has 2 atom stereocenters. The monoisotopic (exact) mass is 166 g/mol. The summed E-state index contributed by atoms with van der Waals surface area (Å²) in [6.45, 7) is 6.36. The molecule has 3 nitrogen and oxygen atoms in total. The first-order chi connectivity index (χ1) is 5.68. The Bertz CT molecular complexity index is 280. The highest BCUT2D eigenvalue weighted by Crippen LogP contribution is 2.46. The van der Waals surface area contributed by atoms with Gasteiger partial charge in [-0.1, -0.05) is 25.9 Å². The molecule has 0 amide bonds. The zero-order valence-corrected chi connectivity index (χ0v) is 7.74. The fourth-order valence-corrected chi connectivity index (χ4v) is 1.30. The molecular weight excluding hydrogens is 152 g/mol. The van der Waals surface area contributed by atoms with Crippen molar-refractivity contribution in [1.29, 1.82) is 0 Å². The SMILES string of the molecule is CC(C)c1noc([C@@H]2C[C@H]2C)n1. The molecule has 2 rings (SSSR count). The van der Waals surface area contributed by atoms with E-state index in [9.17, 15) is 0 Å². The van der Waals surface area contributed by atoms with Crippen LogP contribution in [-0.2, 0) is 0 Å². The molecule has 1 aromatic rings. The van der Waals surface area contributed by atoms with Crippen molar-refractivity contribution in [3.8, 4) is 0 Å². The van der Waals surface area contributed by atoms with Gasteiger partial charge in [0.2, 0.25) is 5.89 Å². The first-order valence-corrected chi connectivity index (χ1v) is 4.52. The Kier molecular flexibility index (Phi) is 1.67. The van der Waals surface area contributed by atoms with Crippen molar-refractivity contribution in [1.82, 2.24) is 10.1 Å². The molecule has 0 radical (unpaired) electrons. The van der Waals surface area contributed by atoms with E-state index in [4.69, 9.17) is 4.52 Å². The van der Waals surface area contributed by atoms with Gasteiger partial charge in [-0.3, -0.25) is 0 Å². The summed E-state index contributed by atoms with van der Waals surface area (Å²) in [7, 11) is 0. The molecule has 1 aromatic heterocycles. The third-order valence-corrected chi connectivity index (χ3v) is 2.40. The smallest absolute Gasteiger partial charge is 0.230 e. The van der Waals surface area contributed by atoms with Crippen LogP contribution in [0.3, 0.4) is 0 Å². The van der Waals surface area contributed by atoms with Crippen molar-refractivity contribution in [2.75, 3.05) is 0 Å². The van der Waals surface area contributed by atoms with E-state index in [0.717, 1.165) is 17.6 Å². The number of aromatic nitrogens is 2. The lowest BCUT2D eigenvalue weighted by molar-refractivity contribution is 0.369. The Labute approximate surface area is 72.2 Å². The van der Waals surface area contributed by atoms with Crippen LogP contribution < -0.4 is 0 Å². The summed E-state index contributed by atoms with van der Waals surface area (Å²) < 4.78 is 5.16. The second kappa shape index (κ2) is 2.57. The van der Waals surface area contributed by atoms with Gasteiger partial charge in [-0.2, -0.15) is 4.98 Å². The van der Waals surface area contributed by atoms with Crippen LogP contribution in [0.4, 0.5) is 0 Å². The Hall–Kier alpha value is -0.860. The standard InChI is InChI=1S/C9H14N2O/c1-5(2)8-10-9(12-11-8)7-4-6(7)3/h5-7H,4H2,1-3H3/t6-,7-/m1/s1. The van der Waals surface area contributed by atoms with Gasteiger partial charge in [0.15, 0.2) is 5.82 Å². The number of hydrogen-bond acceptors (Lipinski definition) is 3. The maximum absolute atomic E-state index is 5.16. The van der Waals surface area contributed by atoms with Crippen LogP contribution in [-0.4, -0.2) is 10.1 Å². The first-order valence-electron chi connectivity index (χ1n) is 4.52. The van der Waals surface area contributed by atoms with Gasteiger partial charge in [0.25, 0.3) is 0 Å². The molecule has 0 aromatic carbocycles. The van der Waals surface area contributed by atoms with E-state index in [1.165, 1.54) is 6.42 Å². The Balaban J connectivity index is 2.14. The summed E-state index contributed by atoms with van der Waals surface area (Å²) in [5, 5.41) is 3.93. The normalized spacial score (nSPS) is 28.0. The molecule has 12 heavy (non-hydrogen) atoms. The maximum Gasteiger partial charge on any atom is 0.230 e. The second-order valence-electron chi connectivity index (χ2n) is 3.96. The number of nitrogens with zero attached hydrogens (tertiary/aromatic N) is 2. The zero-order chi connectivity index (χ0) is 8.72. The minimum absolute atomic E-state index is 0.372. The largest absolute Gasteiger partial charge is 0.339 e. The fraction of sp³-hybridized carbons (Fsp3) is 0.778. The van der Waals surface area contributed by atoms with Crippen molar-refractivity contribution < 1.29 is 4.52 Å². The minimum Gasteiger partial charge on any atom is -0.339 e. The van der Waals surface area contributed by atoms with E-state index in [1.54, 1.807) is 0 Å². The summed E-state index contributed by atoms with van der Waals surface area (Å²) in [5.41, 5.74) is 0. The zero-order valence-electron chi connectivity index (χ0n) is 7.74. The Morgan fingerprint density at radius 1 is 1.50 bits per heavy atom. The molecule has 0 spiro atoms. The van der Waals surface area contributed by atoms with Crippen molar-refractivity contribution in [2.45, 2.75) is 39.0 Å². The second-order valence-corrected chi connectivity index (χ2v) is 3.96. The molecule has 1 saturated carbocycles. The van der Waals surface area contributed by atoms with Gasteiger partial charge >= 0.3 is 0 Å². The van der Waals surface area contributed by atoms with Crippen LogP contribution in [0, 0.1) is 5.92 Å². The Morgan fingerprint density at radius 2 is 2.17 bits per heavy atom. The van der Waals surface area contributed by atoms with Gasteiger partial charge in [0.05, 0.1) is 0 Å². The lowest BCUT2D eigenvalue weighted by Gasteiger charge is -1.91. The van der Waals surface area contributed by atoms with Gasteiger partial charge in [0, 0.05) is 11.8 Å². The summed E-state index contributed by atoms with van der Waals surface area (Å²) in [5.74, 6) is 3.34. The predicted molar refractivity (Wildman–Crippen MR) is 44.9 cm³/mol. The van der Waals surface area contributed by atoms with Crippen LogP contribution in [0.5, 0.6) is 0 Å². The molecule has 0 aliphatic heterocycles. The molecule has 0 unspecified atom stereocenters. The molecule has 66 valence electrons. The van der Waals surface area contributed by atoms with Crippen molar-refractivity contribution >= 4 is 0 Å². The van der Waals surface area contributed by atoms with E-state index >= 15 is 0 Å². The molecule has 1 aliphatic carbocycles. The highest BCUT2D eigenvalue weighted by atomic mass is 16.5. The average molecular weight is 166 g/mol. The van der Waals surface area contributed by atoms with Gasteiger partial charge in [-0.05, 0) is 12.3 Å². The lowest BCUT2D eigenvalue weighted by Crippen LogP contribution is -1.90. The molecular formula is C9H14N2O. The summed E-state index contributed by atoms with van der Waals surface area (Å²) in [6, 6.07) is 0. The molecule has 1 heterocycles. The van der Waals surface area contributed by atoms with Crippen molar-refractivity contribution in [2.24, 2.45) is 5.92 Å². The molecule has 1 fully saturated rings. The number of rotatable bonds is 2. The first kappa shape index (κ1) is 7.77. The third kappa shape index (κ3) is 1.24. The van der Waals surface area contributed by atoms with E-state index < -0.39 is 0 Å². The van der Waals surface area contributed by atoms with E-state index in [1.807, 2.05) is 0 Å². The molecule has 0 saturated heterocycles. The summed E-state index contributed by atoms with van der Waals surface area (Å²) in [4.78, 5) is 4.34. The van der Waals surface area contributed by atoms with Crippen LogP contribution in [0.25, 0.3) is 0 Å². The molecule has 0 bridgehead atoms. The highest BCUT2D eigenvalue weighted by molar-refractivity contribution is 5.06. The topological polar surface area (TPSA) is 38.9 Å². The van der Waals surface area contributed by atoms with Crippen LogP contribution in [0.15, 0.2) is 4.52 Å². The van der Waals surface area contributed by atoms with Gasteiger partial charge in [-0.25, -0.2) is 0 Å². The van der Waals surface area contributed by atoms with Gasteiger partial charge in [0.1, 0.15) is 0 Å². The van der Waals surface area contributed by atoms with Crippen molar-refractivity contribution in [3.63, 3.8) is 0 Å². The molecule has 1 aliphatic rings. The fourth-order valence-electron chi connectivity index (χ4n) is 1.30. The summed E-state index contributed by atoms with van der Waals surface area (Å²) in [6.07, 6.45) is 1.21. The molecule has 3 heteroatoms. The molecule has 0 N–H and O–H groups in total. The van der Waals surface area contributed by atoms with Crippen LogP contribution in [0.1, 0.15) is 50.7 Å². The predicted octanol–water partition coefficient (Wildman–Crippen LogP) is 2.32. The maximum atomic E-state index is 5.16. The number of hydrogen-bond donors (Lipinski definition) is 0. The van der Waals surface area contributed by atoms with Crippen molar-refractivity contribution in [3.05, 3.63) is 11.7 Å². The van der Waals surface area contributed by atoms with E-state index in [2.05, 4.69) is 30.9 Å². The highest BCUT2D eigenvalue weighted by Gasteiger charge is 2.38. The van der Waals surface area contributed by atoms with E-state index in [0.29, 0.717) is 11.8 Å². The summed E-state index contributed by atoms with van der Waals surface area (Å²) >= 11 is 0. The Morgan fingerprint density at radius 3 is 2.58 bits per heavy atom. The van der Waals surface area contributed by atoms with Crippen LogP contribution >= 0.6 is 0 Å². The lowest BCUT2D eigenvalue weighted by atomic mass is 10.2. The third-order valence-electron chi connectivity index (χ3n) is 2.40. The quantitative estimate of drug-likeness (QED) is 0.676.